The highest BCUT2D eigenvalue weighted by molar-refractivity contribution is 5.84. The summed E-state index contributed by atoms with van der Waals surface area (Å²) in [6.07, 6.45) is 15.1. The van der Waals surface area contributed by atoms with Gasteiger partial charge in [-0.15, -0.1) is 0 Å². The third-order valence-corrected chi connectivity index (χ3v) is 7.28. The Balaban J connectivity index is 1.34. The van der Waals surface area contributed by atoms with E-state index in [4.69, 9.17) is 0 Å². The van der Waals surface area contributed by atoms with Gasteiger partial charge in [0.1, 0.15) is 5.82 Å². The standard InChI is InChI=1S/C31H37F/c1-3-5-6-7-24-8-14-26(15-9-24)27-16-10-25(11-17-27)12-18-28-19-20-29-22-23(4-2)13-21-30(29)31(28)32/h6-7,10-11,13,16-17,19-22,24,26H,3-5,8-9,12,14-15,18H2,1-2H3/b7-6+. The second-order valence-electron chi connectivity index (χ2n) is 9.52. The first-order chi connectivity index (χ1) is 15.7. The zero-order chi connectivity index (χ0) is 22.3. The second kappa shape index (κ2) is 10.9. The van der Waals surface area contributed by atoms with Crippen molar-refractivity contribution in [2.24, 2.45) is 5.92 Å². The van der Waals surface area contributed by atoms with Gasteiger partial charge in [-0.3, -0.25) is 0 Å². The van der Waals surface area contributed by atoms with Crippen molar-refractivity contribution in [2.45, 2.75) is 77.6 Å². The van der Waals surface area contributed by atoms with Crippen molar-refractivity contribution in [2.75, 3.05) is 0 Å². The lowest BCUT2D eigenvalue weighted by Gasteiger charge is -2.27. The van der Waals surface area contributed by atoms with E-state index in [1.165, 1.54) is 55.2 Å². The van der Waals surface area contributed by atoms with Crippen LogP contribution < -0.4 is 0 Å². The Morgan fingerprint density at radius 3 is 2.31 bits per heavy atom. The lowest BCUT2D eigenvalue weighted by atomic mass is 9.78. The van der Waals surface area contributed by atoms with E-state index in [-0.39, 0.29) is 5.82 Å². The first kappa shape index (κ1) is 22.8. The molecule has 0 unspecified atom stereocenters. The summed E-state index contributed by atoms with van der Waals surface area (Å²) in [5.74, 6) is 1.43. The molecule has 0 aromatic heterocycles. The number of hydrogen-bond donors (Lipinski definition) is 0. The zero-order valence-corrected chi connectivity index (χ0v) is 19.7. The van der Waals surface area contributed by atoms with Gasteiger partial charge in [-0.2, -0.15) is 0 Å². The van der Waals surface area contributed by atoms with Gasteiger partial charge in [-0.05, 0) is 90.8 Å². The van der Waals surface area contributed by atoms with Gasteiger partial charge in [0.15, 0.2) is 0 Å². The van der Waals surface area contributed by atoms with Crippen molar-refractivity contribution in [3.63, 3.8) is 0 Å². The Hall–Kier alpha value is -2.41. The summed E-state index contributed by atoms with van der Waals surface area (Å²) in [6.45, 7) is 4.37. The maximum absolute atomic E-state index is 15.0. The van der Waals surface area contributed by atoms with Crippen molar-refractivity contribution in [1.29, 1.82) is 0 Å². The van der Waals surface area contributed by atoms with Crippen LogP contribution in [0.15, 0.2) is 66.7 Å². The fourth-order valence-corrected chi connectivity index (χ4v) is 5.14. The van der Waals surface area contributed by atoms with Crippen LogP contribution in [0.2, 0.25) is 0 Å². The van der Waals surface area contributed by atoms with E-state index in [0.29, 0.717) is 5.92 Å². The summed E-state index contributed by atoms with van der Waals surface area (Å²) in [5.41, 5.74) is 4.85. The molecular weight excluding hydrogens is 391 g/mol. The molecule has 3 aromatic rings. The van der Waals surface area contributed by atoms with Crippen LogP contribution in [-0.4, -0.2) is 0 Å². The fraction of sp³-hybridized carbons (Fsp3) is 0.419. The maximum atomic E-state index is 15.0. The molecule has 1 saturated carbocycles. The molecule has 0 aliphatic heterocycles. The minimum atomic E-state index is -0.0495. The normalized spacial score (nSPS) is 19.1. The molecule has 32 heavy (non-hydrogen) atoms. The summed E-state index contributed by atoms with van der Waals surface area (Å²) in [6, 6.07) is 19.3. The topological polar surface area (TPSA) is 0 Å². The molecule has 3 aromatic carbocycles. The van der Waals surface area contributed by atoms with Crippen LogP contribution in [0.1, 0.15) is 80.5 Å². The summed E-state index contributed by atoms with van der Waals surface area (Å²) in [5, 5.41) is 1.75. The number of allylic oxidation sites excluding steroid dienone is 2. The predicted molar refractivity (Wildman–Crippen MR) is 136 cm³/mol. The highest BCUT2D eigenvalue weighted by Crippen LogP contribution is 2.36. The highest BCUT2D eigenvalue weighted by Gasteiger charge is 2.20. The lowest BCUT2D eigenvalue weighted by molar-refractivity contribution is 0.375. The van der Waals surface area contributed by atoms with Crippen LogP contribution in [0, 0.1) is 11.7 Å². The van der Waals surface area contributed by atoms with Crippen LogP contribution in [0.3, 0.4) is 0 Å². The molecule has 0 spiro atoms. The monoisotopic (exact) mass is 428 g/mol. The number of hydrogen-bond acceptors (Lipinski definition) is 0. The van der Waals surface area contributed by atoms with E-state index in [1.54, 1.807) is 0 Å². The van der Waals surface area contributed by atoms with Crippen molar-refractivity contribution in [3.05, 3.63) is 94.8 Å². The molecule has 0 nitrogen and oxygen atoms in total. The Bertz CT molecular complexity index is 1040. The molecule has 168 valence electrons. The number of aryl methyl sites for hydroxylation is 3. The van der Waals surface area contributed by atoms with Crippen LogP contribution in [0.25, 0.3) is 10.8 Å². The van der Waals surface area contributed by atoms with Crippen LogP contribution in [-0.2, 0) is 19.3 Å². The number of fused-ring (bicyclic) bond motifs is 1. The van der Waals surface area contributed by atoms with Gasteiger partial charge < -0.3 is 0 Å². The van der Waals surface area contributed by atoms with E-state index in [2.05, 4.69) is 62.4 Å². The van der Waals surface area contributed by atoms with Crippen molar-refractivity contribution < 1.29 is 4.39 Å². The third-order valence-electron chi connectivity index (χ3n) is 7.28. The SMILES string of the molecule is CCC/C=C/C1CCC(c2ccc(CCc3ccc4cc(CC)ccc4c3F)cc2)CC1. The molecule has 0 saturated heterocycles. The van der Waals surface area contributed by atoms with Gasteiger partial charge in [-0.25, -0.2) is 4.39 Å². The van der Waals surface area contributed by atoms with Gasteiger partial charge in [0, 0.05) is 5.39 Å². The molecule has 0 atom stereocenters. The summed E-state index contributed by atoms with van der Waals surface area (Å²) in [4.78, 5) is 0. The van der Waals surface area contributed by atoms with Crippen LogP contribution in [0.4, 0.5) is 4.39 Å². The van der Waals surface area contributed by atoms with Crippen molar-refractivity contribution in [1.82, 2.24) is 0 Å². The van der Waals surface area contributed by atoms with Gasteiger partial charge in [0.25, 0.3) is 0 Å². The second-order valence-corrected chi connectivity index (χ2v) is 9.52. The van der Waals surface area contributed by atoms with Crippen LogP contribution in [0.5, 0.6) is 0 Å². The Labute approximate surface area is 193 Å². The molecule has 0 radical (unpaired) electrons. The molecule has 0 amide bonds. The summed E-state index contributed by atoms with van der Waals surface area (Å²) in [7, 11) is 0. The van der Waals surface area contributed by atoms with Crippen LogP contribution >= 0.6 is 0 Å². The van der Waals surface area contributed by atoms with Gasteiger partial charge in [0.2, 0.25) is 0 Å². The minimum Gasteiger partial charge on any atom is -0.206 e. The van der Waals surface area contributed by atoms with E-state index in [1.807, 2.05) is 18.2 Å². The number of benzene rings is 3. The van der Waals surface area contributed by atoms with Crippen molar-refractivity contribution in [3.8, 4) is 0 Å². The lowest BCUT2D eigenvalue weighted by Crippen LogP contribution is -2.11. The molecule has 4 rings (SSSR count). The Morgan fingerprint density at radius 2 is 1.59 bits per heavy atom. The average molecular weight is 429 g/mol. The smallest absolute Gasteiger partial charge is 0.134 e. The van der Waals surface area contributed by atoms with E-state index < -0.39 is 0 Å². The largest absolute Gasteiger partial charge is 0.206 e. The first-order valence-electron chi connectivity index (χ1n) is 12.6. The third kappa shape index (κ3) is 5.49. The minimum absolute atomic E-state index is 0.0495. The Morgan fingerprint density at radius 1 is 0.844 bits per heavy atom. The average Bonchev–Trinajstić information content (AvgIpc) is 2.84. The van der Waals surface area contributed by atoms with E-state index in [9.17, 15) is 0 Å². The molecular formula is C31H37F. The van der Waals surface area contributed by atoms with Crippen molar-refractivity contribution >= 4 is 10.8 Å². The molecule has 1 aliphatic carbocycles. The summed E-state index contributed by atoms with van der Waals surface area (Å²) < 4.78 is 15.0. The van der Waals surface area contributed by atoms with E-state index in [0.717, 1.165) is 41.5 Å². The van der Waals surface area contributed by atoms with Gasteiger partial charge >= 0.3 is 0 Å². The predicted octanol–water partition coefficient (Wildman–Crippen LogP) is 8.96. The van der Waals surface area contributed by atoms with E-state index >= 15 is 4.39 Å². The maximum Gasteiger partial charge on any atom is 0.134 e. The number of unbranched alkanes of at least 4 members (excludes halogenated alkanes) is 1. The zero-order valence-electron chi connectivity index (χ0n) is 19.7. The summed E-state index contributed by atoms with van der Waals surface area (Å²) >= 11 is 0. The Kier molecular flexibility index (Phi) is 7.79. The fourth-order valence-electron chi connectivity index (χ4n) is 5.14. The molecule has 0 N–H and O–H groups in total. The van der Waals surface area contributed by atoms with Gasteiger partial charge in [0.05, 0.1) is 0 Å². The number of rotatable bonds is 8. The molecule has 1 fully saturated rings. The molecule has 0 heterocycles. The molecule has 1 aliphatic rings. The number of halogens is 1. The molecule has 0 bridgehead atoms. The first-order valence-corrected chi connectivity index (χ1v) is 12.6. The van der Waals surface area contributed by atoms with Gasteiger partial charge in [-0.1, -0.05) is 87.0 Å². The molecule has 1 heteroatoms. The quantitative estimate of drug-likeness (QED) is 0.314. The highest BCUT2D eigenvalue weighted by atomic mass is 19.1.